The fourth-order valence-corrected chi connectivity index (χ4v) is 4.81. The van der Waals surface area contributed by atoms with Crippen LogP contribution in [0.15, 0.2) is 78.9 Å². The Kier molecular flexibility index (Phi) is 3.15. The van der Waals surface area contributed by atoms with Crippen molar-refractivity contribution in [1.29, 1.82) is 0 Å². The van der Waals surface area contributed by atoms with E-state index < -0.39 is 5.54 Å². The van der Waals surface area contributed by atoms with Crippen LogP contribution in [0.5, 0.6) is 0 Å². The molecule has 6 nitrogen and oxygen atoms in total. The monoisotopic (exact) mass is 395 g/mol. The zero-order valence-corrected chi connectivity index (χ0v) is 16.2. The summed E-state index contributed by atoms with van der Waals surface area (Å²) in [6.45, 7) is 2.03. The molecule has 6 heteroatoms. The number of hydrogen-bond acceptors (Lipinski definition) is 4. The predicted octanol–water partition coefficient (Wildman–Crippen LogP) is 3.04. The van der Waals surface area contributed by atoms with Crippen molar-refractivity contribution in [3.8, 4) is 0 Å². The van der Waals surface area contributed by atoms with Crippen molar-refractivity contribution in [3.63, 3.8) is 0 Å². The summed E-state index contributed by atoms with van der Waals surface area (Å²) in [6.07, 6.45) is 6.45. The number of nitrogens with zero attached hydrogens (tertiary/aromatic N) is 3. The summed E-state index contributed by atoms with van der Waals surface area (Å²) in [5.41, 5.74) is 2.53. The molecule has 4 aliphatic rings. The molecule has 6 rings (SSSR count). The summed E-state index contributed by atoms with van der Waals surface area (Å²) < 4.78 is 0. The highest BCUT2D eigenvalue weighted by Gasteiger charge is 2.58. The van der Waals surface area contributed by atoms with Crippen molar-refractivity contribution in [1.82, 2.24) is 9.80 Å². The minimum absolute atomic E-state index is 0.161. The number of amides is 2. The van der Waals surface area contributed by atoms with Gasteiger partial charge in [-0.1, -0.05) is 36.4 Å². The van der Waals surface area contributed by atoms with E-state index in [2.05, 4.69) is 4.90 Å². The van der Waals surface area contributed by atoms with Crippen LogP contribution in [0.25, 0.3) is 5.57 Å². The van der Waals surface area contributed by atoms with Gasteiger partial charge in [-0.2, -0.15) is 0 Å². The van der Waals surface area contributed by atoms with Gasteiger partial charge < -0.3 is 4.90 Å². The Morgan fingerprint density at radius 2 is 1.60 bits per heavy atom. The van der Waals surface area contributed by atoms with Crippen molar-refractivity contribution < 1.29 is 14.4 Å². The third-order valence-corrected chi connectivity index (χ3v) is 6.24. The topological polar surface area (TPSA) is 60.9 Å². The standard InChI is InChI=1S/C24H17N3O3/c1-15(28)25-12-10-24(11-13-25)21(29)20-17-7-3-2-6-16(17)14-26-19-9-5-4-8-18(19)23(30)27(24)22(20)26/h2-13H,14H2,1H3. The maximum Gasteiger partial charge on any atom is 0.262 e. The molecule has 2 aromatic rings. The number of anilines is 1. The Balaban J connectivity index is 1.64. The number of benzene rings is 2. The van der Waals surface area contributed by atoms with E-state index >= 15 is 0 Å². The Morgan fingerprint density at radius 3 is 2.33 bits per heavy atom. The van der Waals surface area contributed by atoms with Gasteiger partial charge in [0.05, 0.1) is 23.4 Å². The van der Waals surface area contributed by atoms with Gasteiger partial charge in [0.1, 0.15) is 5.82 Å². The SMILES string of the molecule is CC(=O)N1C=CC2(C=C1)C(=O)C1=C3N(Cc4ccccc41)c1ccccc1C(=O)N32. The highest BCUT2D eigenvalue weighted by molar-refractivity contribution is 6.33. The van der Waals surface area contributed by atoms with Gasteiger partial charge in [-0.15, -0.1) is 0 Å². The highest BCUT2D eigenvalue weighted by atomic mass is 16.2. The Bertz CT molecular complexity index is 1260. The van der Waals surface area contributed by atoms with Gasteiger partial charge in [0.2, 0.25) is 11.7 Å². The first-order valence-electron chi connectivity index (χ1n) is 9.79. The molecule has 4 aliphatic heterocycles. The number of hydrogen-bond donors (Lipinski definition) is 0. The van der Waals surface area contributed by atoms with E-state index in [0.29, 0.717) is 23.5 Å². The third-order valence-electron chi connectivity index (χ3n) is 6.24. The second kappa shape index (κ2) is 5.57. The molecule has 0 bridgehead atoms. The minimum atomic E-state index is -1.28. The number of fused-ring (bicyclic) bond motifs is 5. The Labute approximate surface area is 173 Å². The molecule has 146 valence electrons. The molecule has 0 N–H and O–H groups in total. The van der Waals surface area contributed by atoms with Gasteiger partial charge >= 0.3 is 0 Å². The lowest BCUT2D eigenvalue weighted by molar-refractivity contribution is -0.124. The van der Waals surface area contributed by atoms with Crippen LogP contribution in [0.4, 0.5) is 5.69 Å². The fraction of sp³-hybridized carbons (Fsp3) is 0.125. The molecule has 0 aromatic heterocycles. The number of carbonyl (C=O) groups excluding carboxylic acids is 3. The van der Waals surface area contributed by atoms with Crippen molar-refractivity contribution in [3.05, 3.63) is 95.6 Å². The molecule has 2 amide bonds. The normalized spacial score (nSPS) is 20.0. The first-order valence-corrected chi connectivity index (χ1v) is 9.79. The van der Waals surface area contributed by atoms with Crippen LogP contribution in [0, 0.1) is 0 Å². The quantitative estimate of drug-likeness (QED) is 0.688. The van der Waals surface area contributed by atoms with E-state index in [1.54, 1.807) is 35.5 Å². The maximum atomic E-state index is 13.9. The molecule has 0 unspecified atom stereocenters. The minimum Gasteiger partial charge on any atom is -0.322 e. The van der Waals surface area contributed by atoms with Crippen molar-refractivity contribution in [2.75, 3.05) is 4.90 Å². The predicted molar refractivity (Wildman–Crippen MR) is 111 cm³/mol. The van der Waals surface area contributed by atoms with Crippen LogP contribution in [0.1, 0.15) is 28.4 Å². The summed E-state index contributed by atoms with van der Waals surface area (Å²) in [7, 11) is 0. The molecule has 1 spiro atoms. The third kappa shape index (κ3) is 1.90. The fourth-order valence-electron chi connectivity index (χ4n) is 4.81. The van der Waals surface area contributed by atoms with Crippen LogP contribution in [0.3, 0.4) is 0 Å². The summed E-state index contributed by atoms with van der Waals surface area (Å²) in [6, 6.07) is 15.3. The Morgan fingerprint density at radius 1 is 0.933 bits per heavy atom. The summed E-state index contributed by atoms with van der Waals surface area (Å²) >= 11 is 0. The zero-order valence-electron chi connectivity index (χ0n) is 16.2. The number of carbonyl (C=O) groups is 3. The average Bonchev–Trinajstić information content (AvgIpc) is 3.01. The second-order valence-electron chi connectivity index (χ2n) is 7.81. The van der Waals surface area contributed by atoms with Crippen LogP contribution in [-0.2, 0) is 16.1 Å². The van der Waals surface area contributed by atoms with Gasteiger partial charge in [-0.25, -0.2) is 0 Å². The van der Waals surface area contributed by atoms with Crippen molar-refractivity contribution in [2.45, 2.75) is 19.0 Å². The zero-order chi connectivity index (χ0) is 20.6. The summed E-state index contributed by atoms with van der Waals surface area (Å²) in [5, 5.41) is 0. The molecule has 0 atom stereocenters. The van der Waals surface area contributed by atoms with Crippen LogP contribution in [-0.4, -0.2) is 32.9 Å². The number of rotatable bonds is 0. The van der Waals surface area contributed by atoms with E-state index in [-0.39, 0.29) is 17.6 Å². The number of Topliss-reactive ketones (excluding diaryl/α,β-unsaturated/α-hetero) is 1. The van der Waals surface area contributed by atoms with E-state index in [1.165, 1.54) is 11.8 Å². The van der Waals surface area contributed by atoms with Crippen molar-refractivity contribution >= 4 is 28.9 Å². The van der Waals surface area contributed by atoms with Crippen LogP contribution in [0.2, 0.25) is 0 Å². The molecule has 0 fully saturated rings. The van der Waals surface area contributed by atoms with Gasteiger partial charge in [0, 0.05) is 19.3 Å². The molecule has 30 heavy (non-hydrogen) atoms. The number of ketones is 1. The first-order chi connectivity index (χ1) is 14.5. The summed E-state index contributed by atoms with van der Waals surface area (Å²) in [5.74, 6) is 0.0763. The smallest absolute Gasteiger partial charge is 0.262 e. The molecule has 0 saturated heterocycles. The highest BCUT2D eigenvalue weighted by Crippen LogP contribution is 2.52. The van der Waals surface area contributed by atoms with Gasteiger partial charge in [-0.3, -0.25) is 24.2 Å². The lowest BCUT2D eigenvalue weighted by Crippen LogP contribution is -2.55. The molecule has 4 heterocycles. The van der Waals surface area contributed by atoms with Gasteiger partial charge in [0.15, 0.2) is 5.54 Å². The summed E-state index contributed by atoms with van der Waals surface area (Å²) in [4.78, 5) is 44.4. The molecular formula is C24H17N3O3. The van der Waals surface area contributed by atoms with E-state index in [9.17, 15) is 14.4 Å². The van der Waals surface area contributed by atoms with Gasteiger partial charge in [0.25, 0.3) is 5.91 Å². The largest absolute Gasteiger partial charge is 0.322 e. The van der Waals surface area contributed by atoms with Crippen molar-refractivity contribution in [2.24, 2.45) is 0 Å². The van der Waals surface area contributed by atoms with Gasteiger partial charge in [-0.05, 0) is 35.4 Å². The number of para-hydroxylation sites is 1. The molecule has 0 radical (unpaired) electrons. The van der Waals surface area contributed by atoms with E-state index in [1.807, 2.05) is 42.5 Å². The molecular weight excluding hydrogens is 378 g/mol. The molecule has 2 aromatic carbocycles. The van der Waals surface area contributed by atoms with E-state index in [0.717, 1.165) is 16.8 Å². The first kappa shape index (κ1) is 17.0. The van der Waals surface area contributed by atoms with Crippen LogP contribution < -0.4 is 4.90 Å². The molecule has 0 saturated carbocycles. The van der Waals surface area contributed by atoms with Crippen LogP contribution >= 0.6 is 0 Å². The average molecular weight is 395 g/mol. The van der Waals surface area contributed by atoms with E-state index in [4.69, 9.17) is 0 Å². The lowest BCUT2D eigenvalue weighted by Gasteiger charge is -2.44. The molecule has 0 aliphatic carbocycles. The second-order valence-corrected chi connectivity index (χ2v) is 7.81. The lowest BCUT2D eigenvalue weighted by atomic mass is 9.86. The maximum absolute atomic E-state index is 13.9. The Hall–Kier alpha value is -3.93.